The minimum Gasteiger partial charge on any atom is -0.496 e. The first-order valence-electron chi connectivity index (χ1n) is 4.97. The van der Waals surface area contributed by atoms with Crippen LogP contribution in [-0.4, -0.2) is 7.11 Å². The third-order valence-electron chi connectivity index (χ3n) is 2.34. The van der Waals surface area contributed by atoms with Crippen molar-refractivity contribution in [1.82, 2.24) is 0 Å². The zero-order chi connectivity index (χ0) is 10.5. The van der Waals surface area contributed by atoms with Crippen molar-refractivity contribution in [2.45, 2.75) is 6.42 Å². The van der Waals surface area contributed by atoms with E-state index in [1.54, 1.807) is 7.11 Å². The van der Waals surface area contributed by atoms with E-state index in [1.807, 2.05) is 36.4 Å². The first kappa shape index (κ1) is 9.78. The van der Waals surface area contributed by atoms with Crippen LogP contribution in [0.1, 0.15) is 11.1 Å². The molecule has 1 heteroatoms. The molecule has 0 N–H and O–H groups in total. The van der Waals surface area contributed by atoms with E-state index >= 15 is 0 Å². The fourth-order valence-electron chi connectivity index (χ4n) is 1.59. The lowest BCUT2D eigenvalue weighted by Gasteiger charge is -2.07. The summed E-state index contributed by atoms with van der Waals surface area (Å²) in [6, 6.07) is 19.4. The van der Waals surface area contributed by atoms with Crippen molar-refractivity contribution in [1.29, 1.82) is 0 Å². The maximum atomic E-state index is 5.29. The Morgan fingerprint density at radius 1 is 1.07 bits per heavy atom. The molecule has 0 aromatic heterocycles. The van der Waals surface area contributed by atoms with E-state index in [0.29, 0.717) is 0 Å². The summed E-state index contributed by atoms with van der Waals surface area (Å²) >= 11 is 0. The number of ether oxygens (including phenoxy) is 1. The lowest BCUT2D eigenvalue weighted by Crippen LogP contribution is -1.93. The van der Waals surface area contributed by atoms with Gasteiger partial charge in [-0.25, -0.2) is 0 Å². The Balaban J connectivity index is 2.24. The van der Waals surface area contributed by atoms with Gasteiger partial charge in [0.15, 0.2) is 0 Å². The summed E-state index contributed by atoms with van der Waals surface area (Å²) in [4.78, 5) is 0. The summed E-state index contributed by atoms with van der Waals surface area (Å²) in [5.74, 6) is 0.904. The third kappa shape index (κ3) is 2.38. The molecule has 0 spiro atoms. The highest BCUT2D eigenvalue weighted by Crippen LogP contribution is 2.19. The van der Waals surface area contributed by atoms with E-state index in [4.69, 9.17) is 4.74 Å². The van der Waals surface area contributed by atoms with E-state index in [0.717, 1.165) is 17.7 Å². The van der Waals surface area contributed by atoms with Crippen LogP contribution in [0.2, 0.25) is 0 Å². The molecule has 0 aliphatic rings. The predicted octanol–water partition coefficient (Wildman–Crippen LogP) is 3.09. The van der Waals surface area contributed by atoms with Gasteiger partial charge in [0.1, 0.15) is 5.75 Å². The first-order valence-corrected chi connectivity index (χ1v) is 4.97. The molecule has 1 nitrogen and oxygen atoms in total. The van der Waals surface area contributed by atoms with Crippen molar-refractivity contribution >= 4 is 0 Å². The summed E-state index contributed by atoms with van der Waals surface area (Å²) in [6.45, 7) is 0. The molecular formula is C14H13O. The van der Waals surface area contributed by atoms with Gasteiger partial charge in [0.05, 0.1) is 7.11 Å². The normalized spacial score (nSPS) is 9.93. The second-order valence-corrected chi connectivity index (χ2v) is 3.38. The number of hydrogen-bond donors (Lipinski definition) is 0. The largest absolute Gasteiger partial charge is 0.496 e. The van der Waals surface area contributed by atoms with Crippen LogP contribution < -0.4 is 4.74 Å². The van der Waals surface area contributed by atoms with Crippen LogP contribution in [0.15, 0.2) is 48.5 Å². The van der Waals surface area contributed by atoms with Crippen molar-refractivity contribution in [3.05, 3.63) is 65.7 Å². The van der Waals surface area contributed by atoms with Crippen molar-refractivity contribution in [2.75, 3.05) is 7.11 Å². The molecule has 0 saturated heterocycles. The Hall–Kier alpha value is -1.76. The number of rotatable bonds is 3. The Bertz CT molecular complexity index is 420. The molecule has 0 heterocycles. The van der Waals surface area contributed by atoms with Gasteiger partial charge < -0.3 is 4.74 Å². The molecule has 2 aromatic carbocycles. The van der Waals surface area contributed by atoms with E-state index < -0.39 is 0 Å². The monoisotopic (exact) mass is 197 g/mol. The number of methoxy groups -OCH3 is 1. The standard InChI is InChI=1S/C14H13O/c1-15-14-10-6-5-9-13(14)11-12-7-3-2-4-8-12/h2-8,10H,11H2,1H3. The van der Waals surface area contributed by atoms with E-state index in [2.05, 4.69) is 18.2 Å². The zero-order valence-electron chi connectivity index (χ0n) is 8.73. The highest BCUT2D eigenvalue weighted by Gasteiger charge is 2.02. The molecule has 15 heavy (non-hydrogen) atoms. The van der Waals surface area contributed by atoms with Gasteiger partial charge in [-0.2, -0.15) is 0 Å². The Labute approximate surface area is 90.3 Å². The molecule has 2 rings (SSSR count). The Morgan fingerprint density at radius 2 is 1.87 bits per heavy atom. The van der Waals surface area contributed by atoms with Gasteiger partial charge >= 0.3 is 0 Å². The highest BCUT2D eigenvalue weighted by atomic mass is 16.5. The van der Waals surface area contributed by atoms with Gasteiger partial charge in [0.25, 0.3) is 0 Å². The molecule has 0 aliphatic heterocycles. The summed E-state index contributed by atoms with van der Waals surface area (Å²) < 4.78 is 5.29. The van der Waals surface area contributed by atoms with Gasteiger partial charge in [-0.05, 0) is 17.7 Å². The minimum atomic E-state index is 0.866. The topological polar surface area (TPSA) is 9.23 Å². The van der Waals surface area contributed by atoms with Crippen molar-refractivity contribution < 1.29 is 4.74 Å². The molecule has 0 unspecified atom stereocenters. The second kappa shape index (κ2) is 4.65. The second-order valence-electron chi connectivity index (χ2n) is 3.38. The average Bonchev–Trinajstić information content (AvgIpc) is 2.31. The predicted molar refractivity (Wildman–Crippen MR) is 61.1 cm³/mol. The van der Waals surface area contributed by atoms with Gasteiger partial charge in [-0.1, -0.05) is 42.5 Å². The average molecular weight is 197 g/mol. The van der Waals surface area contributed by atoms with E-state index in [1.165, 1.54) is 5.56 Å². The lowest BCUT2D eigenvalue weighted by atomic mass is 10.0. The maximum Gasteiger partial charge on any atom is 0.123 e. The van der Waals surface area contributed by atoms with Crippen LogP contribution >= 0.6 is 0 Å². The Kier molecular flexibility index (Phi) is 3.03. The quantitative estimate of drug-likeness (QED) is 0.734. The molecule has 0 fully saturated rings. The molecule has 0 saturated carbocycles. The fourth-order valence-corrected chi connectivity index (χ4v) is 1.59. The third-order valence-corrected chi connectivity index (χ3v) is 2.34. The summed E-state index contributed by atoms with van der Waals surface area (Å²) in [5, 5.41) is 0. The SMILES string of the molecule is COc1ccc[c]c1Cc1ccccc1. The molecule has 1 radical (unpaired) electrons. The van der Waals surface area contributed by atoms with Gasteiger partial charge in [-0.15, -0.1) is 0 Å². The lowest BCUT2D eigenvalue weighted by molar-refractivity contribution is 0.410. The Morgan fingerprint density at radius 3 is 2.60 bits per heavy atom. The molecule has 0 atom stereocenters. The molecule has 2 aromatic rings. The molecule has 0 bridgehead atoms. The van der Waals surface area contributed by atoms with Crippen LogP contribution in [0.4, 0.5) is 0 Å². The van der Waals surface area contributed by atoms with Crippen molar-refractivity contribution in [3.8, 4) is 5.75 Å². The van der Waals surface area contributed by atoms with Crippen molar-refractivity contribution in [3.63, 3.8) is 0 Å². The first-order chi connectivity index (χ1) is 7.40. The van der Waals surface area contributed by atoms with Gasteiger partial charge in [0.2, 0.25) is 0 Å². The molecule has 0 amide bonds. The van der Waals surface area contributed by atoms with Gasteiger partial charge in [0, 0.05) is 12.0 Å². The van der Waals surface area contributed by atoms with Crippen LogP contribution in [0, 0.1) is 6.07 Å². The molecular weight excluding hydrogens is 184 g/mol. The summed E-state index contributed by atoms with van der Waals surface area (Å²) in [6.07, 6.45) is 0.866. The van der Waals surface area contributed by atoms with E-state index in [9.17, 15) is 0 Å². The minimum absolute atomic E-state index is 0.866. The number of benzene rings is 2. The fraction of sp³-hybridized carbons (Fsp3) is 0.143. The van der Waals surface area contributed by atoms with Crippen LogP contribution in [0.5, 0.6) is 5.75 Å². The van der Waals surface area contributed by atoms with Crippen molar-refractivity contribution in [2.24, 2.45) is 0 Å². The van der Waals surface area contributed by atoms with Crippen LogP contribution in [-0.2, 0) is 6.42 Å². The zero-order valence-corrected chi connectivity index (χ0v) is 8.73. The molecule has 75 valence electrons. The maximum absolute atomic E-state index is 5.29. The van der Waals surface area contributed by atoms with Crippen LogP contribution in [0.25, 0.3) is 0 Å². The highest BCUT2D eigenvalue weighted by molar-refractivity contribution is 5.36. The van der Waals surface area contributed by atoms with Crippen LogP contribution in [0.3, 0.4) is 0 Å². The van der Waals surface area contributed by atoms with Gasteiger partial charge in [-0.3, -0.25) is 0 Å². The molecule has 0 aliphatic carbocycles. The van der Waals surface area contributed by atoms with E-state index in [-0.39, 0.29) is 0 Å². The number of hydrogen-bond acceptors (Lipinski definition) is 1. The smallest absolute Gasteiger partial charge is 0.123 e. The summed E-state index contributed by atoms with van der Waals surface area (Å²) in [5.41, 5.74) is 2.38. The summed E-state index contributed by atoms with van der Waals surface area (Å²) in [7, 11) is 1.69.